The molecule has 1 amide bonds. The van der Waals surface area contributed by atoms with Crippen LogP contribution >= 0.6 is 0 Å². The third-order valence-electron chi connectivity index (χ3n) is 4.16. The molecular weight excluding hydrogens is 298 g/mol. The number of ether oxygens (including phenoxy) is 2. The summed E-state index contributed by atoms with van der Waals surface area (Å²) in [6.45, 7) is 0.958. The second kappa shape index (κ2) is 7.85. The molecule has 1 atom stereocenters. The van der Waals surface area contributed by atoms with E-state index in [9.17, 15) is 9.59 Å². The van der Waals surface area contributed by atoms with Crippen LogP contribution in [0.5, 0.6) is 11.5 Å². The fraction of sp³-hybridized carbons (Fsp3) is 0.529. The van der Waals surface area contributed by atoms with Crippen molar-refractivity contribution in [1.29, 1.82) is 0 Å². The maximum atomic E-state index is 12.3. The minimum atomic E-state index is -0.819. The van der Waals surface area contributed by atoms with Gasteiger partial charge in [-0.2, -0.15) is 0 Å². The maximum Gasteiger partial charge on any atom is 0.308 e. The van der Waals surface area contributed by atoms with Gasteiger partial charge in [-0.25, -0.2) is 0 Å². The number of aliphatic carboxylic acids is 1. The lowest BCUT2D eigenvalue weighted by Gasteiger charge is -2.30. The van der Waals surface area contributed by atoms with E-state index in [0.29, 0.717) is 43.9 Å². The molecule has 2 rings (SSSR count). The molecule has 1 aromatic rings. The quantitative estimate of drug-likeness (QED) is 0.867. The van der Waals surface area contributed by atoms with Crippen LogP contribution in [0.4, 0.5) is 0 Å². The second-order valence-corrected chi connectivity index (χ2v) is 5.74. The van der Waals surface area contributed by atoms with Gasteiger partial charge in [0.2, 0.25) is 5.91 Å². The molecule has 1 fully saturated rings. The van der Waals surface area contributed by atoms with E-state index >= 15 is 0 Å². The van der Waals surface area contributed by atoms with Gasteiger partial charge in [0, 0.05) is 25.6 Å². The van der Waals surface area contributed by atoms with Crippen molar-refractivity contribution in [1.82, 2.24) is 4.90 Å². The number of likely N-dealkylation sites (tertiary alicyclic amines) is 1. The summed E-state index contributed by atoms with van der Waals surface area (Å²) >= 11 is 0. The van der Waals surface area contributed by atoms with Gasteiger partial charge >= 0.3 is 5.97 Å². The number of carbonyl (C=O) groups is 2. The number of aryl methyl sites for hydroxylation is 1. The average molecular weight is 321 g/mol. The van der Waals surface area contributed by atoms with E-state index in [1.54, 1.807) is 25.2 Å². The Morgan fingerprint density at radius 2 is 1.87 bits per heavy atom. The molecule has 126 valence electrons. The van der Waals surface area contributed by atoms with Crippen molar-refractivity contribution in [3.63, 3.8) is 0 Å². The number of amides is 1. The number of hydrogen-bond acceptors (Lipinski definition) is 4. The summed E-state index contributed by atoms with van der Waals surface area (Å²) in [7, 11) is 3.17. The van der Waals surface area contributed by atoms with Gasteiger partial charge in [-0.1, -0.05) is 0 Å². The lowest BCUT2D eigenvalue weighted by molar-refractivity contribution is -0.145. The molecule has 1 aliphatic rings. The zero-order valence-corrected chi connectivity index (χ0v) is 13.6. The summed E-state index contributed by atoms with van der Waals surface area (Å²) in [6, 6.07) is 5.55. The second-order valence-electron chi connectivity index (χ2n) is 5.74. The Kier molecular flexibility index (Phi) is 5.84. The highest BCUT2D eigenvalue weighted by atomic mass is 16.5. The van der Waals surface area contributed by atoms with Gasteiger partial charge < -0.3 is 19.5 Å². The van der Waals surface area contributed by atoms with Crippen LogP contribution in [0.3, 0.4) is 0 Å². The normalized spacial score (nSPS) is 17.7. The van der Waals surface area contributed by atoms with Gasteiger partial charge in [-0.05, 0) is 37.0 Å². The smallest absolute Gasteiger partial charge is 0.308 e. The fourth-order valence-corrected chi connectivity index (χ4v) is 2.83. The third-order valence-corrected chi connectivity index (χ3v) is 4.16. The number of piperidine rings is 1. The minimum Gasteiger partial charge on any atom is -0.497 e. The summed E-state index contributed by atoms with van der Waals surface area (Å²) in [5.41, 5.74) is 0.960. The molecule has 6 nitrogen and oxygen atoms in total. The number of carboxylic acids is 1. The van der Waals surface area contributed by atoms with Crippen LogP contribution in [-0.4, -0.2) is 49.2 Å². The van der Waals surface area contributed by atoms with E-state index in [0.717, 1.165) is 12.0 Å². The van der Waals surface area contributed by atoms with Crippen LogP contribution in [0.2, 0.25) is 0 Å². The van der Waals surface area contributed by atoms with Crippen molar-refractivity contribution in [2.45, 2.75) is 25.7 Å². The monoisotopic (exact) mass is 321 g/mol. The Balaban J connectivity index is 1.95. The number of carboxylic acid groups (broad SMARTS) is 1. The highest BCUT2D eigenvalue weighted by molar-refractivity contribution is 5.78. The average Bonchev–Trinajstić information content (AvgIpc) is 2.59. The van der Waals surface area contributed by atoms with Crippen LogP contribution in [0, 0.1) is 5.92 Å². The molecule has 0 radical (unpaired) electrons. The van der Waals surface area contributed by atoms with Crippen molar-refractivity contribution < 1.29 is 24.2 Å². The maximum absolute atomic E-state index is 12.3. The molecule has 1 aliphatic heterocycles. The Morgan fingerprint density at radius 1 is 1.22 bits per heavy atom. The first-order chi connectivity index (χ1) is 11.0. The van der Waals surface area contributed by atoms with E-state index in [-0.39, 0.29) is 5.91 Å². The van der Waals surface area contributed by atoms with E-state index in [2.05, 4.69) is 0 Å². The molecule has 6 heteroatoms. The summed E-state index contributed by atoms with van der Waals surface area (Å²) in [5, 5.41) is 9.10. The van der Waals surface area contributed by atoms with E-state index in [1.165, 1.54) is 0 Å². The Hall–Kier alpha value is -2.24. The van der Waals surface area contributed by atoms with Gasteiger partial charge in [-0.3, -0.25) is 9.59 Å². The Morgan fingerprint density at radius 3 is 2.43 bits per heavy atom. The van der Waals surface area contributed by atoms with Crippen LogP contribution in [0.1, 0.15) is 24.8 Å². The minimum absolute atomic E-state index is 0.00210. The topological polar surface area (TPSA) is 76.1 Å². The fourth-order valence-electron chi connectivity index (χ4n) is 2.83. The summed E-state index contributed by atoms with van der Waals surface area (Å²) < 4.78 is 10.4. The molecular formula is C17H23NO5. The van der Waals surface area contributed by atoms with Crippen molar-refractivity contribution >= 4 is 11.9 Å². The molecule has 0 spiro atoms. The van der Waals surface area contributed by atoms with Crippen LogP contribution in [0.15, 0.2) is 18.2 Å². The first-order valence-corrected chi connectivity index (χ1v) is 7.76. The Labute approximate surface area is 136 Å². The SMILES string of the molecule is COc1cc(CCC(=O)N2CCC[C@@H](C(=O)O)C2)cc(OC)c1. The first-order valence-electron chi connectivity index (χ1n) is 7.76. The van der Waals surface area contributed by atoms with Crippen molar-refractivity contribution in [3.8, 4) is 11.5 Å². The zero-order valence-electron chi connectivity index (χ0n) is 13.6. The molecule has 1 aromatic carbocycles. The molecule has 1 heterocycles. The lowest BCUT2D eigenvalue weighted by atomic mass is 9.97. The van der Waals surface area contributed by atoms with Crippen molar-refractivity contribution in [3.05, 3.63) is 23.8 Å². The number of hydrogen-bond donors (Lipinski definition) is 1. The van der Waals surface area contributed by atoms with E-state index < -0.39 is 11.9 Å². The van der Waals surface area contributed by atoms with E-state index in [1.807, 2.05) is 12.1 Å². The van der Waals surface area contributed by atoms with Gasteiger partial charge in [0.25, 0.3) is 0 Å². The van der Waals surface area contributed by atoms with Crippen molar-refractivity contribution in [2.24, 2.45) is 5.92 Å². The van der Waals surface area contributed by atoms with Gasteiger partial charge in [-0.15, -0.1) is 0 Å². The van der Waals surface area contributed by atoms with Crippen LogP contribution in [0.25, 0.3) is 0 Å². The lowest BCUT2D eigenvalue weighted by Crippen LogP contribution is -2.42. The van der Waals surface area contributed by atoms with Gasteiger partial charge in [0.15, 0.2) is 0 Å². The highest BCUT2D eigenvalue weighted by Gasteiger charge is 2.27. The van der Waals surface area contributed by atoms with Crippen LogP contribution < -0.4 is 9.47 Å². The summed E-state index contributed by atoms with van der Waals surface area (Å²) in [5.74, 6) is 0.119. The summed E-state index contributed by atoms with van der Waals surface area (Å²) in [4.78, 5) is 25.1. The molecule has 23 heavy (non-hydrogen) atoms. The molecule has 0 saturated carbocycles. The molecule has 0 unspecified atom stereocenters. The molecule has 0 bridgehead atoms. The third kappa shape index (κ3) is 4.61. The number of carbonyl (C=O) groups excluding carboxylic acids is 1. The standard InChI is InChI=1S/C17H23NO5/c1-22-14-8-12(9-15(10-14)23-2)5-6-16(19)18-7-3-4-13(11-18)17(20)21/h8-10,13H,3-7,11H2,1-2H3,(H,20,21)/t13-/m1/s1. The largest absolute Gasteiger partial charge is 0.497 e. The predicted octanol–water partition coefficient (Wildman–Crippen LogP) is 1.96. The molecule has 1 N–H and O–H groups in total. The predicted molar refractivity (Wildman–Crippen MR) is 84.8 cm³/mol. The van der Waals surface area contributed by atoms with Gasteiger partial charge in [0.05, 0.1) is 20.1 Å². The first kappa shape index (κ1) is 17.1. The number of nitrogens with zero attached hydrogens (tertiary/aromatic N) is 1. The highest BCUT2D eigenvalue weighted by Crippen LogP contribution is 2.24. The molecule has 0 aromatic heterocycles. The van der Waals surface area contributed by atoms with E-state index in [4.69, 9.17) is 14.6 Å². The summed E-state index contributed by atoms with van der Waals surface area (Å²) in [6.07, 6.45) is 2.31. The Bertz CT molecular complexity index is 550. The molecule has 0 aliphatic carbocycles. The number of rotatable bonds is 6. The van der Waals surface area contributed by atoms with Crippen molar-refractivity contribution in [2.75, 3.05) is 27.3 Å². The number of methoxy groups -OCH3 is 2. The zero-order chi connectivity index (χ0) is 16.8. The number of benzene rings is 1. The van der Waals surface area contributed by atoms with Crippen LogP contribution in [-0.2, 0) is 16.0 Å². The molecule has 1 saturated heterocycles. The van der Waals surface area contributed by atoms with Gasteiger partial charge in [0.1, 0.15) is 11.5 Å².